The average molecular weight is 331 g/mol. The van der Waals surface area contributed by atoms with Gasteiger partial charge in [-0.3, -0.25) is 4.98 Å². The van der Waals surface area contributed by atoms with E-state index in [0.717, 1.165) is 0 Å². The number of esters is 1. The summed E-state index contributed by atoms with van der Waals surface area (Å²) in [6, 6.07) is 3.41. The maximum Gasteiger partial charge on any atom is 0.340 e. The largest absolute Gasteiger partial charge is 0.496 e. The van der Waals surface area contributed by atoms with Crippen molar-refractivity contribution in [2.24, 2.45) is 0 Å². The van der Waals surface area contributed by atoms with Crippen molar-refractivity contribution in [2.45, 2.75) is 0 Å². The lowest BCUT2D eigenvalue weighted by Gasteiger charge is -2.10. The van der Waals surface area contributed by atoms with Crippen molar-refractivity contribution in [3.63, 3.8) is 0 Å². The van der Waals surface area contributed by atoms with E-state index in [-0.39, 0.29) is 0 Å². The topological polar surface area (TPSA) is 48.4 Å². The highest BCUT2D eigenvalue weighted by atomic mass is 79.9. The Bertz CT molecular complexity index is 630. The van der Waals surface area contributed by atoms with E-state index in [9.17, 15) is 4.79 Å². The van der Waals surface area contributed by atoms with Gasteiger partial charge in [-0.05, 0) is 28.1 Å². The van der Waals surface area contributed by atoms with Crippen molar-refractivity contribution < 1.29 is 14.3 Å². The summed E-state index contributed by atoms with van der Waals surface area (Å²) in [7, 11) is 2.86. The first-order valence-corrected chi connectivity index (χ1v) is 6.16. The predicted molar refractivity (Wildman–Crippen MR) is 72.3 cm³/mol. The second-order valence-electron chi connectivity index (χ2n) is 3.45. The number of aromatic nitrogens is 1. The number of carbonyl (C=O) groups excluding carboxylic acids is 1. The molecular formula is C12H9BrClNO3. The lowest BCUT2D eigenvalue weighted by atomic mass is 10.1. The fraction of sp³-hybridized carbons (Fsp3) is 0.167. The summed E-state index contributed by atoms with van der Waals surface area (Å²) in [6.45, 7) is 0. The lowest BCUT2D eigenvalue weighted by molar-refractivity contribution is 0.0599. The normalized spacial score (nSPS) is 10.4. The molecular weight excluding hydrogens is 321 g/mol. The Hall–Kier alpha value is -1.33. The molecule has 0 amide bonds. The first kappa shape index (κ1) is 13.1. The Labute approximate surface area is 117 Å². The van der Waals surface area contributed by atoms with Crippen molar-refractivity contribution in [2.75, 3.05) is 14.2 Å². The van der Waals surface area contributed by atoms with Crippen LogP contribution in [-0.4, -0.2) is 25.2 Å². The zero-order valence-electron chi connectivity index (χ0n) is 9.66. The predicted octanol–water partition coefficient (Wildman–Crippen LogP) is 3.45. The first-order chi connectivity index (χ1) is 8.60. The number of hydrogen-bond donors (Lipinski definition) is 0. The molecule has 2 aromatic rings. The summed E-state index contributed by atoms with van der Waals surface area (Å²) >= 11 is 9.44. The van der Waals surface area contributed by atoms with Crippen LogP contribution in [0.2, 0.25) is 5.02 Å². The molecule has 4 nitrogen and oxygen atoms in total. The van der Waals surface area contributed by atoms with Crippen LogP contribution in [0.15, 0.2) is 22.8 Å². The van der Waals surface area contributed by atoms with E-state index >= 15 is 0 Å². The zero-order valence-corrected chi connectivity index (χ0v) is 12.0. The van der Waals surface area contributed by atoms with Crippen LogP contribution in [0.3, 0.4) is 0 Å². The number of ether oxygens (including phenoxy) is 2. The SMILES string of the molecule is COC(=O)c1cnc2c(Cl)ccc(OC)c2c1Br. The van der Waals surface area contributed by atoms with Gasteiger partial charge in [0, 0.05) is 10.7 Å². The maximum absolute atomic E-state index is 11.6. The molecule has 0 unspecified atom stereocenters. The van der Waals surface area contributed by atoms with Crippen LogP contribution in [0.25, 0.3) is 10.9 Å². The molecule has 0 saturated heterocycles. The first-order valence-electron chi connectivity index (χ1n) is 4.99. The molecule has 94 valence electrons. The Morgan fingerprint density at radius 3 is 2.72 bits per heavy atom. The molecule has 1 aromatic carbocycles. The van der Waals surface area contributed by atoms with Gasteiger partial charge in [0.05, 0.1) is 35.7 Å². The van der Waals surface area contributed by atoms with E-state index in [1.54, 1.807) is 19.2 Å². The molecule has 0 fully saturated rings. The van der Waals surface area contributed by atoms with Gasteiger partial charge >= 0.3 is 5.97 Å². The molecule has 1 aromatic heterocycles. The van der Waals surface area contributed by atoms with Crippen LogP contribution >= 0.6 is 27.5 Å². The lowest BCUT2D eigenvalue weighted by Crippen LogP contribution is -2.04. The minimum Gasteiger partial charge on any atom is -0.496 e. The van der Waals surface area contributed by atoms with Crippen LogP contribution in [-0.2, 0) is 4.74 Å². The van der Waals surface area contributed by atoms with Crippen molar-refractivity contribution in [3.05, 3.63) is 33.4 Å². The number of benzene rings is 1. The van der Waals surface area contributed by atoms with Gasteiger partial charge < -0.3 is 9.47 Å². The summed E-state index contributed by atoms with van der Waals surface area (Å²) in [5, 5.41) is 1.14. The van der Waals surface area contributed by atoms with Gasteiger partial charge in [-0.1, -0.05) is 11.6 Å². The van der Waals surface area contributed by atoms with Gasteiger partial charge in [-0.2, -0.15) is 0 Å². The molecule has 6 heteroatoms. The van der Waals surface area contributed by atoms with Gasteiger partial charge in [0.1, 0.15) is 5.75 Å². The molecule has 0 bridgehead atoms. The van der Waals surface area contributed by atoms with Crippen LogP contribution < -0.4 is 4.74 Å². The molecule has 0 N–H and O–H groups in total. The van der Waals surface area contributed by atoms with Crippen LogP contribution in [0.4, 0.5) is 0 Å². The minimum absolute atomic E-state index is 0.325. The van der Waals surface area contributed by atoms with E-state index in [2.05, 4.69) is 25.7 Å². The fourth-order valence-corrected chi connectivity index (χ4v) is 2.48. The molecule has 2 rings (SSSR count). The highest BCUT2D eigenvalue weighted by molar-refractivity contribution is 9.10. The highest BCUT2D eigenvalue weighted by Crippen LogP contribution is 2.37. The monoisotopic (exact) mass is 329 g/mol. The van der Waals surface area contributed by atoms with Gasteiger partial charge in [0.15, 0.2) is 0 Å². The molecule has 0 spiro atoms. The van der Waals surface area contributed by atoms with Gasteiger partial charge in [-0.25, -0.2) is 4.79 Å². The van der Waals surface area contributed by atoms with E-state index in [4.69, 9.17) is 16.3 Å². The summed E-state index contributed by atoms with van der Waals surface area (Å²) in [4.78, 5) is 15.8. The Kier molecular flexibility index (Phi) is 3.73. The van der Waals surface area contributed by atoms with Crippen LogP contribution in [0.5, 0.6) is 5.75 Å². The van der Waals surface area contributed by atoms with E-state index in [1.165, 1.54) is 13.3 Å². The molecule has 1 heterocycles. The van der Waals surface area contributed by atoms with Crippen molar-refractivity contribution in [1.29, 1.82) is 0 Å². The third-order valence-electron chi connectivity index (χ3n) is 2.49. The number of fused-ring (bicyclic) bond motifs is 1. The Morgan fingerprint density at radius 2 is 2.11 bits per heavy atom. The number of rotatable bonds is 2. The molecule has 0 saturated carbocycles. The maximum atomic E-state index is 11.6. The van der Waals surface area contributed by atoms with Crippen LogP contribution in [0, 0.1) is 0 Å². The average Bonchev–Trinajstić information content (AvgIpc) is 2.39. The molecule has 0 aliphatic heterocycles. The summed E-state index contributed by atoms with van der Waals surface area (Å²) in [5.41, 5.74) is 0.890. The standard InChI is InChI=1S/C12H9BrClNO3/c1-17-8-4-3-7(14)11-9(8)10(13)6(5-15-11)12(16)18-2/h3-5H,1-2H3. The minimum atomic E-state index is -0.474. The number of carbonyl (C=O) groups is 1. The zero-order chi connectivity index (χ0) is 13.3. The number of halogens is 2. The number of nitrogens with zero attached hydrogens (tertiary/aromatic N) is 1. The highest BCUT2D eigenvalue weighted by Gasteiger charge is 2.18. The molecule has 18 heavy (non-hydrogen) atoms. The molecule has 0 aliphatic carbocycles. The van der Waals surface area contributed by atoms with E-state index < -0.39 is 5.97 Å². The van der Waals surface area contributed by atoms with E-state index in [1.807, 2.05) is 0 Å². The third kappa shape index (κ3) is 2.04. The summed E-state index contributed by atoms with van der Waals surface area (Å²) in [6.07, 6.45) is 1.42. The van der Waals surface area contributed by atoms with Crippen LogP contribution in [0.1, 0.15) is 10.4 Å². The third-order valence-corrected chi connectivity index (χ3v) is 3.62. The summed E-state index contributed by atoms with van der Waals surface area (Å²) in [5.74, 6) is 0.109. The van der Waals surface area contributed by atoms with Gasteiger partial charge in [-0.15, -0.1) is 0 Å². The molecule has 0 atom stereocenters. The van der Waals surface area contributed by atoms with Crippen molar-refractivity contribution >= 4 is 44.4 Å². The Balaban J connectivity index is 2.84. The molecule has 0 radical (unpaired) electrons. The van der Waals surface area contributed by atoms with Crippen molar-refractivity contribution in [1.82, 2.24) is 4.98 Å². The number of hydrogen-bond acceptors (Lipinski definition) is 4. The quantitative estimate of drug-likeness (QED) is 0.791. The van der Waals surface area contributed by atoms with Gasteiger partial charge in [0.25, 0.3) is 0 Å². The second-order valence-corrected chi connectivity index (χ2v) is 4.65. The Morgan fingerprint density at radius 1 is 1.39 bits per heavy atom. The van der Waals surface area contributed by atoms with Crippen molar-refractivity contribution in [3.8, 4) is 5.75 Å². The number of pyridine rings is 1. The van der Waals surface area contributed by atoms with Gasteiger partial charge in [0.2, 0.25) is 0 Å². The second kappa shape index (κ2) is 5.12. The molecule has 0 aliphatic rings. The number of methoxy groups -OCH3 is 2. The van der Waals surface area contributed by atoms with E-state index in [0.29, 0.717) is 31.7 Å². The summed E-state index contributed by atoms with van der Waals surface area (Å²) < 4.78 is 10.5. The fourth-order valence-electron chi connectivity index (χ4n) is 1.63. The smallest absolute Gasteiger partial charge is 0.340 e.